The van der Waals surface area contributed by atoms with E-state index in [4.69, 9.17) is 4.74 Å². The fraction of sp³-hybridized carbons (Fsp3) is 0.263. The Bertz CT molecular complexity index is 726. The van der Waals surface area contributed by atoms with E-state index in [2.05, 4.69) is 24.5 Å². The number of anilines is 1. The van der Waals surface area contributed by atoms with Gasteiger partial charge in [0, 0.05) is 18.3 Å². The Morgan fingerprint density at radius 3 is 2.54 bits per heavy atom. The zero-order valence-corrected chi connectivity index (χ0v) is 14.1. The van der Waals surface area contributed by atoms with Crippen LogP contribution in [-0.4, -0.2) is 25.5 Å². The normalized spacial score (nSPS) is 10.3. The third-order valence-corrected chi connectivity index (χ3v) is 3.53. The molecule has 0 radical (unpaired) electrons. The lowest BCUT2D eigenvalue weighted by atomic mass is 10.0. The number of carbonyl (C=O) groups is 2. The van der Waals surface area contributed by atoms with Crippen molar-refractivity contribution in [3.05, 3.63) is 59.7 Å². The summed E-state index contributed by atoms with van der Waals surface area (Å²) >= 11 is 0. The summed E-state index contributed by atoms with van der Waals surface area (Å²) in [6, 6.07) is 14.4. The Morgan fingerprint density at radius 2 is 1.83 bits per heavy atom. The van der Waals surface area contributed by atoms with Gasteiger partial charge in [-0.25, -0.2) is 0 Å². The largest absolute Gasteiger partial charge is 0.484 e. The van der Waals surface area contributed by atoms with Gasteiger partial charge in [-0.05, 0) is 41.8 Å². The molecule has 2 N–H and O–H groups in total. The molecule has 2 amide bonds. The SMILES string of the molecule is CNC(=O)c1cccc(OCC(=O)Nc2cccc(C(C)C)c2)c1. The third-order valence-electron chi connectivity index (χ3n) is 3.53. The predicted molar refractivity (Wildman–Crippen MR) is 94.5 cm³/mol. The summed E-state index contributed by atoms with van der Waals surface area (Å²) in [6.45, 7) is 4.08. The molecule has 0 aliphatic rings. The summed E-state index contributed by atoms with van der Waals surface area (Å²) in [5.74, 6) is 0.421. The molecule has 0 unspecified atom stereocenters. The molecule has 0 heterocycles. The zero-order chi connectivity index (χ0) is 17.5. The molecule has 0 bridgehead atoms. The highest BCUT2D eigenvalue weighted by Crippen LogP contribution is 2.18. The van der Waals surface area contributed by atoms with Gasteiger partial charge in [0.2, 0.25) is 0 Å². The van der Waals surface area contributed by atoms with Gasteiger partial charge >= 0.3 is 0 Å². The maximum Gasteiger partial charge on any atom is 0.262 e. The first kappa shape index (κ1) is 17.5. The van der Waals surface area contributed by atoms with Crippen LogP contribution in [0.1, 0.15) is 35.7 Å². The maximum absolute atomic E-state index is 12.0. The Labute approximate surface area is 142 Å². The molecule has 0 fully saturated rings. The maximum atomic E-state index is 12.0. The second-order valence-electron chi connectivity index (χ2n) is 5.72. The minimum atomic E-state index is -0.249. The van der Waals surface area contributed by atoms with Gasteiger partial charge in [-0.15, -0.1) is 0 Å². The van der Waals surface area contributed by atoms with Crippen LogP contribution in [0.5, 0.6) is 5.75 Å². The number of amides is 2. The van der Waals surface area contributed by atoms with Crippen molar-refractivity contribution in [2.24, 2.45) is 0 Å². The van der Waals surface area contributed by atoms with E-state index in [1.807, 2.05) is 24.3 Å². The topological polar surface area (TPSA) is 67.4 Å². The van der Waals surface area contributed by atoms with Crippen LogP contribution in [0.4, 0.5) is 5.69 Å². The van der Waals surface area contributed by atoms with Crippen LogP contribution < -0.4 is 15.4 Å². The summed E-state index contributed by atoms with van der Waals surface area (Å²) in [5.41, 5.74) is 2.39. The van der Waals surface area contributed by atoms with Crippen molar-refractivity contribution in [3.8, 4) is 5.75 Å². The molecule has 5 nitrogen and oxygen atoms in total. The van der Waals surface area contributed by atoms with Crippen molar-refractivity contribution in [1.82, 2.24) is 5.32 Å². The first-order valence-electron chi connectivity index (χ1n) is 7.84. The molecule has 0 aliphatic heterocycles. The minimum absolute atomic E-state index is 0.122. The Balaban J connectivity index is 1.94. The van der Waals surface area contributed by atoms with Crippen LogP contribution >= 0.6 is 0 Å². The van der Waals surface area contributed by atoms with Crippen molar-refractivity contribution in [3.63, 3.8) is 0 Å². The smallest absolute Gasteiger partial charge is 0.262 e. The van der Waals surface area contributed by atoms with Crippen molar-refractivity contribution >= 4 is 17.5 Å². The average molecular weight is 326 g/mol. The van der Waals surface area contributed by atoms with Crippen LogP contribution in [0.15, 0.2) is 48.5 Å². The first-order valence-corrected chi connectivity index (χ1v) is 7.84. The van der Waals surface area contributed by atoms with Gasteiger partial charge in [0.05, 0.1) is 0 Å². The summed E-state index contributed by atoms with van der Waals surface area (Å²) in [6.07, 6.45) is 0. The van der Waals surface area contributed by atoms with Gasteiger partial charge in [-0.3, -0.25) is 9.59 Å². The third kappa shape index (κ3) is 4.84. The molecule has 0 aliphatic carbocycles. The number of carbonyl (C=O) groups excluding carboxylic acids is 2. The number of ether oxygens (including phenoxy) is 1. The number of nitrogens with one attached hydrogen (secondary N) is 2. The van der Waals surface area contributed by atoms with Crippen molar-refractivity contribution in [1.29, 1.82) is 0 Å². The van der Waals surface area contributed by atoms with E-state index in [1.54, 1.807) is 31.3 Å². The van der Waals surface area contributed by atoms with Crippen LogP contribution in [0.3, 0.4) is 0 Å². The highest BCUT2D eigenvalue weighted by Gasteiger charge is 2.08. The summed E-state index contributed by atoms with van der Waals surface area (Å²) in [4.78, 5) is 23.6. The lowest BCUT2D eigenvalue weighted by Gasteiger charge is -2.11. The highest BCUT2D eigenvalue weighted by atomic mass is 16.5. The van der Waals surface area contributed by atoms with Gasteiger partial charge in [-0.2, -0.15) is 0 Å². The number of benzene rings is 2. The van der Waals surface area contributed by atoms with E-state index >= 15 is 0 Å². The highest BCUT2D eigenvalue weighted by molar-refractivity contribution is 5.94. The van der Waals surface area contributed by atoms with Crippen LogP contribution in [0.2, 0.25) is 0 Å². The van der Waals surface area contributed by atoms with Gasteiger partial charge in [0.15, 0.2) is 6.61 Å². The molecule has 0 aromatic heterocycles. The van der Waals surface area contributed by atoms with E-state index in [-0.39, 0.29) is 18.4 Å². The summed E-state index contributed by atoms with van der Waals surface area (Å²) in [7, 11) is 1.56. The lowest BCUT2D eigenvalue weighted by Crippen LogP contribution is -2.21. The summed E-state index contributed by atoms with van der Waals surface area (Å²) < 4.78 is 5.46. The fourth-order valence-electron chi connectivity index (χ4n) is 2.19. The molecular weight excluding hydrogens is 304 g/mol. The molecule has 0 atom stereocenters. The van der Waals surface area contributed by atoms with Crippen LogP contribution in [0.25, 0.3) is 0 Å². The number of rotatable bonds is 6. The van der Waals surface area contributed by atoms with Crippen LogP contribution in [0, 0.1) is 0 Å². The van der Waals surface area contributed by atoms with E-state index in [9.17, 15) is 9.59 Å². The van der Waals surface area contributed by atoms with Gasteiger partial charge < -0.3 is 15.4 Å². The second-order valence-corrected chi connectivity index (χ2v) is 5.72. The van der Waals surface area contributed by atoms with E-state index in [1.165, 1.54) is 0 Å². The van der Waals surface area contributed by atoms with Gasteiger partial charge in [-0.1, -0.05) is 32.0 Å². The quantitative estimate of drug-likeness (QED) is 0.857. The van der Waals surface area contributed by atoms with Gasteiger partial charge in [0.1, 0.15) is 5.75 Å². The van der Waals surface area contributed by atoms with E-state index < -0.39 is 0 Å². The average Bonchev–Trinajstić information content (AvgIpc) is 2.59. The molecule has 126 valence electrons. The first-order chi connectivity index (χ1) is 11.5. The standard InChI is InChI=1S/C19H22N2O3/c1-13(2)14-6-4-8-16(10-14)21-18(22)12-24-17-9-5-7-15(11-17)19(23)20-3/h4-11,13H,12H2,1-3H3,(H,20,23)(H,21,22). The molecule has 5 heteroatoms. The monoisotopic (exact) mass is 326 g/mol. The zero-order valence-electron chi connectivity index (χ0n) is 14.1. The Hall–Kier alpha value is -2.82. The molecule has 2 rings (SSSR count). The number of hydrogen-bond donors (Lipinski definition) is 2. The second kappa shape index (κ2) is 8.15. The van der Waals surface area contributed by atoms with Crippen molar-refractivity contribution in [2.75, 3.05) is 19.0 Å². The number of hydrogen-bond acceptors (Lipinski definition) is 3. The Kier molecular flexibility index (Phi) is 5.95. The van der Waals surface area contributed by atoms with Crippen molar-refractivity contribution in [2.45, 2.75) is 19.8 Å². The van der Waals surface area contributed by atoms with E-state index in [0.29, 0.717) is 17.2 Å². The summed E-state index contributed by atoms with van der Waals surface area (Å²) in [5, 5.41) is 5.36. The van der Waals surface area contributed by atoms with Gasteiger partial charge in [0.25, 0.3) is 11.8 Å². The van der Waals surface area contributed by atoms with E-state index in [0.717, 1.165) is 11.3 Å². The Morgan fingerprint density at radius 1 is 1.08 bits per heavy atom. The lowest BCUT2D eigenvalue weighted by molar-refractivity contribution is -0.118. The fourth-order valence-corrected chi connectivity index (χ4v) is 2.19. The minimum Gasteiger partial charge on any atom is -0.484 e. The molecule has 24 heavy (non-hydrogen) atoms. The molecule has 2 aromatic carbocycles. The predicted octanol–water partition coefficient (Wildman–Crippen LogP) is 3.19. The molecule has 0 spiro atoms. The van der Waals surface area contributed by atoms with Crippen molar-refractivity contribution < 1.29 is 14.3 Å². The molecule has 0 saturated carbocycles. The van der Waals surface area contributed by atoms with Crippen LogP contribution in [-0.2, 0) is 4.79 Å². The molecular formula is C19H22N2O3. The molecule has 2 aromatic rings. The molecule has 0 saturated heterocycles.